The van der Waals surface area contributed by atoms with E-state index >= 15 is 0 Å². The predicted molar refractivity (Wildman–Crippen MR) is 113 cm³/mol. The van der Waals surface area contributed by atoms with Gasteiger partial charge in [-0.15, -0.1) is 0 Å². The van der Waals surface area contributed by atoms with Gasteiger partial charge in [0.2, 0.25) is 0 Å². The van der Waals surface area contributed by atoms with E-state index in [1.54, 1.807) is 19.3 Å². The normalized spacial score (nSPS) is 32.0. The Bertz CT molecular complexity index is 990. The number of likely N-dealkylation sites (N-methyl/N-ethyl adjacent to an activating group) is 1. The van der Waals surface area contributed by atoms with E-state index in [0.717, 1.165) is 11.1 Å². The van der Waals surface area contributed by atoms with E-state index in [-0.39, 0.29) is 18.2 Å². The summed E-state index contributed by atoms with van der Waals surface area (Å²) in [7, 11) is 3.51. The average Bonchev–Trinajstić information content (AvgIpc) is 3.11. The summed E-state index contributed by atoms with van der Waals surface area (Å²) in [5.74, 6) is -1.13. The van der Waals surface area contributed by atoms with Crippen LogP contribution in [0, 0.1) is 6.92 Å². The number of aliphatic carboxylic acids is 1. The lowest BCUT2D eigenvalue weighted by atomic mass is 9.54. The van der Waals surface area contributed by atoms with Crippen LogP contribution in [0.2, 0.25) is 0 Å². The lowest BCUT2D eigenvalue weighted by molar-refractivity contribution is -0.164. The van der Waals surface area contributed by atoms with Crippen LogP contribution in [0.1, 0.15) is 37.3 Å². The predicted octanol–water partition coefficient (Wildman–Crippen LogP) is 1.12. The van der Waals surface area contributed by atoms with E-state index in [4.69, 9.17) is 19.3 Å². The first-order valence-electron chi connectivity index (χ1n) is 10.7. The summed E-state index contributed by atoms with van der Waals surface area (Å²) >= 11 is 0. The molecule has 0 bridgehead atoms. The monoisotopic (exact) mass is 447 g/mol. The molecule has 174 valence electrons. The SMILES string of the molecule is COc1ccc(C)c2c1O[C@H]1C(OC(=O)C[C@@H](O)C(=O)O)=CC[C@@]3(O)[C@@H](C)N(C)CC[C@]213. The average molecular weight is 447 g/mol. The molecule has 0 amide bonds. The molecule has 3 aliphatic rings. The summed E-state index contributed by atoms with van der Waals surface area (Å²) in [4.78, 5) is 25.4. The number of carbonyl (C=O) groups is 2. The highest BCUT2D eigenvalue weighted by Crippen LogP contribution is 2.62. The van der Waals surface area contributed by atoms with Crippen molar-refractivity contribution in [2.24, 2.45) is 0 Å². The van der Waals surface area contributed by atoms with E-state index in [1.807, 2.05) is 27.0 Å². The molecule has 32 heavy (non-hydrogen) atoms. The van der Waals surface area contributed by atoms with Crippen molar-refractivity contribution in [2.75, 3.05) is 20.7 Å². The number of aliphatic hydroxyl groups excluding tert-OH is 1. The minimum Gasteiger partial charge on any atom is -0.493 e. The van der Waals surface area contributed by atoms with Crippen LogP contribution in [-0.4, -0.2) is 76.7 Å². The Morgan fingerprint density at radius 2 is 2.09 bits per heavy atom. The first kappa shape index (κ1) is 22.6. The number of rotatable bonds is 5. The molecule has 0 radical (unpaired) electrons. The molecule has 1 saturated heterocycles. The van der Waals surface area contributed by atoms with E-state index in [9.17, 15) is 19.8 Å². The number of hydrogen-bond donors (Lipinski definition) is 3. The van der Waals surface area contributed by atoms with Gasteiger partial charge in [-0.2, -0.15) is 0 Å². The van der Waals surface area contributed by atoms with Gasteiger partial charge in [-0.1, -0.05) is 6.07 Å². The van der Waals surface area contributed by atoms with Gasteiger partial charge in [-0.3, -0.25) is 4.79 Å². The van der Waals surface area contributed by atoms with Crippen LogP contribution >= 0.6 is 0 Å². The topological polar surface area (TPSA) is 126 Å². The third-order valence-electron chi connectivity index (χ3n) is 7.41. The number of nitrogens with zero attached hydrogens (tertiary/aromatic N) is 1. The smallest absolute Gasteiger partial charge is 0.333 e. The number of carboxylic acid groups (broad SMARTS) is 1. The number of likely N-dealkylation sites (tertiary alicyclic amines) is 1. The molecule has 9 nitrogen and oxygen atoms in total. The molecule has 1 aliphatic carbocycles. The summed E-state index contributed by atoms with van der Waals surface area (Å²) in [5, 5.41) is 30.6. The molecule has 5 atom stereocenters. The Labute approximate surface area is 186 Å². The highest BCUT2D eigenvalue weighted by molar-refractivity contribution is 5.81. The number of piperidine rings is 1. The van der Waals surface area contributed by atoms with Gasteiger partial charge in [0.15, 0.2) is 23.7 Å². The number of aliphatic hydroxyl groups is 2. The number of ether oxygens (including phenoxy) is 3. The summed E-state index contributed by atoms with van der Waals surface area (Å²) < 4.78 is 17.4. The lowest BCUT2D eigenvalue weighted by Crippen LogP contribution is -2.71. The zero-order valence-corrected chi connectivity index (χ0v) is 18.6. The fraction of sp³-hybridized carbons (Fsp3) is 0.565. The van der Waals surface area contributed by atoms with Gasteiger partial charge < -0.3 is 34.4 Å². The van der Waals surface area contributed by atoms with E-state index in [1.165, 1.54) is 0 Å². The summed E-state index contributed by atoms with van der Waals surface area (Å²) in [5.41, 5.74) is -0.310. The van der Waals surface area contributed by atoms with Crippen LogP contribution in [0.5, 0.6) is 11.5 Å². The molecule has 2 aliphatic heterocycles. The third-order valence-corrected chi connectivity index (χ3v) is 7.41. The van der Waals surface area contributed by atoms with Crippen molar-refractivity contribution in [3.05, 3.63) is 35.1 Å². The molecule has 0 aromatic heterocycles. The van der Waals surface area contributed by atoms with Gasteiger partial charge in [0.1, 0.15) is 5.76 Å². The molecule has 4 rings (SSSR count). The van der Waals surface area contributed by atoms with Gasteiger partial charge in [-0.25, -0.2) is 4.79 Å². The minimum absolute atomic E-state index is 0.207. The van der Waals surface area contributed by atoms with Crippen LogP contribution in [0.25, 0.3) is 0 Å². The lowest BCUT2D eigenvalue weighted by Gasteiger charge is -2.58. The molecule has 1 fully saturated rings. The third kappa shape index (κ3) is 3.02. The molecule has 0 unspecified atom stereocenters. The first-order chi connectivity index (χ1) is 15.1. The van der Waals surface area contributed by atoms with Gasteiger partial charge in [0.05, 0.1) is 24.5 Å². The van der Waals surface area contributed by atoms with Gasteiger partial charge in [0, 0.05) is 18.0 Å². The van der Waals surface area contributed by atoms with Crippen molar-refractivity contribution >= 4 is 11.9 Å². The van der Waals surface area contributed by atoms with E-state index in [0.29, 0.717) is 24.5 Å². The van der Waals surface area contributed by atoms with Crippen molar-refractivity contribution in [3.8, 4) is 11.5 Å². The number of carboxylic acids is 1. The molecular formula is C23H29NO8. The second-order valence-corrected chi connectivity index (χ2v) is 8.93. The largest absolute Gasteiger partial charge is 0.493 e. The maximum absolute atomic E-state index is 12.4. The van der Waals surface area contributed by atoms with Crippen LogP contribution in [0.3, 0.4) is 0 Å². The van der Waals surface area contributed by atoms with Crippen molar-refractivity contribution in [2.45, 2.75) is 62.4 Å². The highest BCUT2D eigenvalue weighted by Gasteiger charge is 2.69. The zero-order valence-electron chi connectivity index (χ0n) is 18.6. The van der Waals surface area contributed by atoms with Crippen LogP contribution in [0.4, 0.5) is 0 Å². The zero-order chi connectivity index (χ0) is 23.4. The first-order valence-corrected chi connectivity index (χ1v) is 10.7. The van der Waals surface area contributed by atoms with Gasteiger partial charge >= 0.3 is 11.9 Å². The maximum Gasteiger partial charge on any atom is 0.333 e. The fourth-order valence-corrected chi connectivity index (χ4v) is 5.57. The van der Waals surface area contributed by atoms with Gasteiger partial charge in [0.25, 0.3) is 0 Å². The second kappa shape index (κ2) is 7.75. The Balaban J connectivity index is 1.81. The highest BCUT2D eigenvalue weighted by atomic mass is 16.6. The van der Waals surface area contributed by atoms with Gasteiger partial charge in [-0.05, 0) is 51.6 Å². The molecule has 1 aromatic carbocycles. The Hall–Kier alpha value is -2.62. The Kier molecular flexibility index (Phi) is 5.47. The summed E-state index contributed by atoms with van der Waals surface area (Å²) in [6.07, 6.45) is -0.929. The van der Waals surface area contributed by atoms with Crippen molar-refractivity contribution in [1.29, 1.82) is 0 Å². The van der Waals surface area contributed by atoms with E-state index in [2.05, 4.69) is 4.90 Å². The second-order valence-electron chi connectivity index (χ2n) is 8.93. The summed E-state index contributed by atoms with van der Waals surface area (Å²) in [6, 6.07) is 3.52. The van der Waals surface area contributed by atoms with Crippen molar-refractivity contribution < 1.29 is 39.1 Å². The molecule has 3 N–H and O–H groups in total. The maximum atomic E-state index is 12.4. The van der Waals surface area contributed by atoms with Crippen LogP contribution < -0.4 is 9.47 Å². The number of fused-ring (bicyclic) bond motifs is 1. The number of aryl methyl sites for hydroxylation is 1. The van der Waals surface area contributed by atoms with Crippen LogP contribution in [-0.2, 0) is 19.7 Å². The number of methoxy groups -OCH3 is 1. The molecular weight excluding hydrogens is 418 g/mol. The van der Waals surface area contributed by atoms with E-state index < -0.39 is 41.6 Å². The number of carbonyl (C=O) groups excluding carboxylic acids is 1. The minimum atomic E-state index is -1.86. The number of esters is 1. The quantitative estimate of drug-likeness (QED) is 0.569. The summed E-state index contributed by atoms with van der Waals surface area (Å²) in [6.45, 7) is 4.62. The molecule has 0 saturated carbocycles. The molecule has 9 heteroatoms. The number of hydrogen-bond acceptors (Lipinski definition) is 8. The fourth-order valence-electron chi connectivity index (χ4n) is 5.57. The van der Waals surface area contributed by atoms with Crippen LogP contribution in [0.15, 0.2) is 24.0 Å². The molecule has 2 heterocycles. The van der Waals surface area contributed by atoms with Crippen molar-refractivity contribution in [1.82, 2.24) is 4.90 Å². The standard InChI is InChI=1S/C23H29NO8/c1-12-5-6-15(30-4)19-18(12)22-9-10-24(3)13(2)23(22,29)8-7-16(20(22)32-19)31-17(26)11-14(25)21(27)28/h5-7,13-14,20,25,29H,8-11H2,1-4H3,(H,27,28)/t13-,14-,20+,22+,23-/m1/s1. The van der Waals surface area contributed by atoms with Crippen molar-refractivity contribution in [3.63, 3.8) is 0 Å². The Morgan fingerprint density at radius 1 is 1.38 bits per heavy atom. The number of benzene rings is 1. The molecule has 1 aromatic rings. The molecule has 1 spiro atoms. The Morgan fingerprint density at radius 3 is 2.75 bits per heavy atom.